The number of benzene rings is 1. The third-order valence-electron chi connectivity index (χ3n) is 2.08. The van der Waals surface area contributed by atoms with Crippen molar-refractivity contribution in [3.05, 3.63) is 29.8 Å². The lowest BCUT2D eigenvalue weighted by atomic mass is 10.2. The Morgan fingerprint density at radius 3 is 2.47 bits per heavy atom. The summed E-state index contributed by atoms with van der Waals surface area (Å²) in [6, 6.07) is 6.46. The molecular formula is C10H14N2O4S. The smallest absolute Gasteiger partial charge is 0.421 e. The Morgan fingerprint density at radius 2 is 1.94 bits per heavy atom. The Bertz CT molecular complexity index is 482. The van der Waals surface area contributed by atoms with Crippen molar-refractivity contribution >= 4 is 15.9 Å². The molecule has 0 saturated heterocycles. The summed E-state index contributed by atoms with van der Waals surface area (Å²) < 4.78 is 28.1. The van der Waals surface area contributed by atoms with Crippen LogP contribution in [0, 0.1) is 6.92 Å². The van der Waals surface area contributed by atoms with Gasteiger partial charge in [-0.25, -0.2) is 19.1 Å². The molecular weight excluding hydrogens is 244 g/mol. The number of aryl methyl sites for hydroxylation is 1. The number of hydrogen-bond acceptors (Lipinski definition) is 5. The van der Waals surface area contributed by atoms with Gasteiger partial charge in [-0.05, 0) is 19.1 Å². The number of carbonyl (C=O) groups excluding carboxylic acids is 1. The van der Waals surface area contributed by atoms with Crippen molar-refractivity contribution in [1.29, 1.82) is 0 Å². The summed E-state index contributed by atoms with van der Waals surface area (Å²) in [4.78, 5) is 10.8. The SMILES string of the molecule is Cc1ccc(S(=O)(=O)CCOC(=O)NN)cc1. The fraction of sp³-hybridized carbons (Fsp3) is 0.300. The van der Waals surface area contributed by atoms with Gasteiger partial charge in [-0.15, -0.1) is 0 Å². The Kier molecular flexibility index (Phi) is 4.47. The summed E-state index contributed by atoms with van der Waals surface area (Å²) in [5, 5.41) is 0. The average Bonchev–Trinajstić information content (AvgIpc) is 2.29. The fourth-order valence-corrected chi connectivity index (χ4v) is 2.24. The van der Waals surface area contributed by atoms with Gasteiger partial charge in [0.2, 0.25) is 0 Å². The van der Waals surface area contributed by atoms with E-state index in [0.29, 0.717) is 0 Å². The lowest BCUT2D eigenvalue weighted by Crippen LogP contribution is -2.31. The first kappa shape index (κ1) is 13.5. The standard InChI is InChI=1S/C10H14N2O4S/c1-8-2-4-9(5-3-8)17(14,15)7-6-16-10(13)12-11/h2-5H,6-7,11H2,1H3,(H,12,13). The van der Waals surface area contributed by atoms with Crippen molar-refractivity contribution in [2.45, 2.75) is 11.8 Å². The molecule has 0 heterocycles. The highest BCUT2D eigenvalue weighted by Crippen LogP contribution is 2.11. The van der Waals surface area contributed by atoms with E-state index in [9.17, 15) is 13.2 Å². The second kappa shape index (κ2) is 5.65. The monoisotopic (exact) mass is 258 g/mol. The van der Waals surface area contributed by atoms with Crippen LogP contribution < -0.4 is 11.3 Å². The molecule has 3 N–H and O–H groups in total. The van der Waals surface area contributed by atoms with E-state index in [1.165, 1.54) is 12.1 Å². The molecule has 1 amide bonds. The van der Waals surface area contributed by atoms with Crippen LogP contribution in [0.15, 0.2) is 29.2 Å². The van der Waals surface area contributed by atoms with Crippen LogP contribution in [0.25, 0.3) is 0 Å². The predicted octanol–water partition coefficient (Wildman–Crippen LogP) is 0.369. The van der Waals surface area contributed by atoms with Crippen LogP contribution in [0.5, 0.6) is 0 Å². The number of sulfone groups is 1. The molecule has 7 heteroatoms. The molecule has 1 aromatic rings. The van der Waals surface area contributed by atoms with Gasteiger partial charge in [-0.3, -0.25) is 5.43 Å². The minimum atomic E-state index is -3.43. The fourth-order valence-electron chi connectivity index (χ4n) is 1.15. The van der Waals surface area contributed by atoms with E-state index in [-0.39, 0.29) is 17.3 Å². The number of carbonyl (C=O) groups is 1. The maximum atomic E-state index is 11.8. The third-order valence-corrected chi connectivity index (χ3v) is 3.78. The molecule has 1 aromatic carbocycles. The minimum absolute atomic E-state index is 0.208. The zero-order chi connectivity index (χ0) is 12.9. The second-order valence-electron chi connectivity index (χ2n) is 3.41. The largest absolute Gasteiger partial charge is 0.448 e. The van der Waals surface area contributed by atoms with Crippen LogP contribution in [-0.2, 0) is 14.6 Å². The first-order valence-corrected chi connectivity index (χ1v) is 6.54. The maximum Gasteiger partial charge on any atom is 0.421 e. The van der Waals surface area contributed by atoms with Gasteiger partial charge < -0.3 is 4.74 Å². The van der Waals surface area contributed by atoms with E-state index in [2.05, 4.69) is 4.74 Å². The van der Waals surface area contributed by atoms with Gasteiger partial charge in [-0.1, -0.05) is 17.7 Å². The summed E-state index contributed by atoms with van der Waals surface area (Å²) in [6.07, 6.45) is -0.857. The van der Waals surface area contributed by atoms with Crippen molar-refractivity contribution in [2.75, 3.05) is 12.4 Å². The van der Waals surface area contributed by atoms with E-state index >= 15 is 0 Å². The van der Waals surface area contributed by atoms with Crippen LogP contribution >= 0.6 is 0 Å². The van der Waals surface area contributed by atoms with E-state index in [1.54, 1.807) is 17.6 Å². The molecule has 0 atom stereocenters. The lowest BCUT2D eigenvalue weighted by molar-refractivity contribution is 0.153. The van der Waals surface area contributed by atoms with Crippen molar-refractivity contribution in [1.82, 2.24) is 5.43 Å². The zero-order valence-corrected chi connectivity index (χ0v) is 10.2. The number of nitrogens with one attached hydrogen (secondary N) is 1. The van der Waals surface area contributed by atoms with E-state index in [4.69, 9.17) is 5.84 Å². The highest BCUT2D eigenvalue weighted by atomic mass is 32.2. The molecule has 0 bridgehead atoms. The molecule has 0 aromatic heterocycles. The van der Waals surface area contributed by atoms with Gasteiger partial charge in [0.15, 0.2) is 9.84 Å². The number of ether oxygens (including phenoxy) is 1. The van der Waals surface area contributed by atoms with Gasteiger partial charge in [0, 0.05) is 0 Å². The number of amides is 1. The Morgan fingerprint density at radius 1 is 1.35 bits per heavy atom. The van der Waals surface area contributed by atoms with Gasteiger partial charge in [-0.2, -0.15) is 0 Å². The average molecular weight is 258 g/mol. The number of hydrogen-bond donors (Lipinski definition) is 2. The van der Waals surface area contributed by atoms with Gasteiger partial charge in [0.1, 0.15) is 6.61 Å². The van der Waals surface area contributed by atoms with Crippen molar-refractivity contribution in [3.8, 4) is 0 Å². The van der Waals surface area contributed by atoms with Crippen molar-refractivity contribution in [3.63, 3.8) is 0 Å². The molecule has 0 aliphatic heterocycles. The molecule has 1 rings (SSSR count). The molecule has 0 fully saturated rings. The molecule has 0 saturated carbocycles. The predicted molar refractivity (Wildman–Crippen MR) is 61.9 cm³/mol. The Balaban J connectivity index is 2.63. The first-order chi connectivity index (χ1) is 7.95. The molecule has 0 aliphatic rings. The quantitative estimate of drug-likeness (QED) is 0.462. The maximum absolute atomic E-state index is 11.8. The van der Waals surface area contributed by atoms with E-state index in [0.717, 1.165) is 5.56 Å². The topological polar surface area (TPSA) is 98.5 Å². The molecule has 0 spiro atoms. The number of rotatable bonds is 4. The normalized spacial score (nSPS) is 10.9. The van der Waals surface area contributed by atoms with Crippen molar-refractivity contribution < 1.29 is 17.9 Å². The van der Waals surface area contributed by atoms with Crippen LogP contribution in [0.4, 0.5) is 4.79 Å². The minimum Gasteiger partial charge on any atom is -0.448 e. The Labute approximate surface area is 99.7 Å². The van der Waals surface area contributed by atoms with Crippen molar-refractivity contribution in [2.24, 2.45) is 5.84 Å². The zero-order valence-electron chi connectivity index (χ0n) is 9.34. The molecule has 94 valence electrons. The molecule has 0 radical (unpaired) electrons. The molecule has 0 unspecified atom stereocenters. The summed E-state index contributed by atoms with van der Waals surface area (Å²) in [5.74, 6) is 4.50. The lowest BCUT2D eigenvalue weighted by Gasteiger charge is -2.05. The van der Waals surface area contributed by atoms with Gasteiger partial charge in [0.05, 0.1) is 10.6 Å². The number of hydrazine groups is 1. The first-order valence-electron chi connectivity index (χ1n) is 4.88. The summed E-state index contributed by atoms with van der Waals surface area (Å²) in [5.41, 5.74) is 2.72. The summed E-state index contributed by atoms with van der Waals surface area (Å²) >= 11 is 0. The summed E-state index contributed by atoms with van der Waals surface area (Å²) in [7, 11) is -3.43. The summed E-state index contributed by atoms with van der Waals surface area (Å²) in [6.45, 7) is 1.63. The van der Waals surface area contributed by atoms with Crippen LogP contribution in [0.3, 0.4) is 0 Å². The molecule has 6 nitrogen and oxygen atoms in total. The van der Waals surface area contributed by atoms with Gasteiger partial charge in [0.25, 0.3) is 0 Å². The van der Waals surface area contributed by atoms with E-state index < -0.39 is 15.9 Å². The Hall–Kier alpha value is -1.60. The van der Waals surface area contributed by atoms with Crippen LogP contribution in [-0.4, -0.2) is 26.9 Å². The van der Waals surface area contributed by atoms with E-state index in [1.807, 2.05) is 6.92 Å². The highest BCUT2D eigenvalue weighted by molar-refractivity contribution is 7.91. The second-order valence-corrected chi connectivity index (χ2v) is 5.52. The number of nitrogens with two attached hydrogens (primary N) is 1. The molecule has 17 heavy (non-hydrogen) atoms. The molecule has 0 aliphatic carbocycles. The highest BCUT2D eigenvalue weighted by Gasteiger charge is 2.14. The van der Waals surface area contributed by atoms with Crippen LogP contribution in [0.2, 0.25) is 0 Å². The van der Waals surface area contributed by atoms with Crippen LogP contribution in [0.1, 0.15) is 5.56 Å². The third kappa shape index (κ3) is 4.04. The van der Waals surface area contributed by atoms with Gasteiger partial charge >= 0.3 is 6.09 Å².